The average Bonchev–Trinajstić information content (AvgIpc) is 3.03. The van der Waals surface area contributed by atoms with Crippen LogP contribution in [-0.4, -0.2) is 13.4 Å². The van der Waals surface area contributed by atoms with Crippen LogP contribution in [0.25, 0.3) is 0 Å². The number of rotatable bonds is 2. The second-order valence-electron chi connectivity index (χ2n) is 6.06. The van der Waals surface area contributed by atoms with Crippen LogP contribution in [0.4, 0.5) is 5.69 Å². The van der Waals surface area contributed by atoms with Crippen molar-refractivity contribution in [3.63, 3.8) is 0 Å². The highest BCUT2D eigenvalue weighted by Crippen LogP contribution is 2.49. The Hall–Kier alpha value is -2.18. The molecule has 0 saturated carbocycles. The minimum absolute atomic E-state index is 0.163. The fraction of sp³-hybridized carbons (Fsp3) is 0.235. The smallest absolute Gasteiger partial charge is 0.238 e. The molecule has 3 atom stereocenters. The number of nitrogens with one attached hydrogen (secondary N) is 1. The first kappa shape index (κ1) is 14.4. The fourth-order valence-electron chi connectivity index (χ4n) is 3.64. The molecule has 1 aromatic heterocycles. The number of nitrogens with zero attached hydrogens (tertiary/aromatic N) is 1. The SMILES string of the molecule is NS(=O)(=O)c1ccc2c(c1)C1C=CCC1C(c1cccnc1)N2. The van der Waals surface area contributed by atoms with Gasteiger partial charge in [0.15, 0.2) is 0 Å². The molecule has 2 aromatic rings. The molecule has 4 rings (SSSR count). The molecular formula is C17H17N3O2S. The van der Waals surface area contributed by atoms with E-state index in [9.17, 15) is 8.42 Å². The van der Waals surface area contributed by atoms with Crippen LogP contribution in [0, 0.1) is 5.92 Å². The molecule has 0 spiro atoms. The van der Waals surface area contributed by atoms with Gasteiger partial charge in [0.25, 0.3) is 0 Å². The van der Waals surface area contributed by atoms with Crippen molar-refractivity contribution < 1.29 is 8.42 Å². The Morgan fingerprint density at radius 1 is 1.26 bits per heavy atom. The Bertz CT molecular complexity index is 878. The first-order valence-electron chi connectivity index (χ1n) is 7.54. The largest absolute Gasteiger partial charge is 0.378 e. The number of fused-ring (bicyclic) bond motifs is 3. The summed E-state index contributed by atoms with van der Waals surface area (Å²) in [5, 5.41) is 8.82. The van der Waals surface area contributed by atoms with Crippen molar-refractivity contribution in [2.24, 2.45) is 11.1 Å². The van der Waals surface area contributed by atoms with Crippen LogP contribution in [0.5, 0.6) is 0 Å². The van der Waals surface area contributed by atoms with Gasteiger partial charge in [-0.15, -0.1) is 0 Å². The van der Waals surface area contributed by atoms with E-state index in [1.165, 1.54) is 0 Å². The number of hydrogen-bond donors (Lipinski definition) is 2. The van der Waals surface area contributed by atoms with Crippen molar-refractivity contribution in [3.8, 4) is 0 Å². The summed E-state index contributed by atoms with van der Waals surface area (Å²) in [5.74, 6) is 0.542. The van der Waals surface area contributed by atoms with E-state index in [1.54, 1.807) is 24.4 Å². The lowest BCUT2D eigenvalue weighted by Gasteiger charge is -2.37. The minimum Gasteiger partial charge on any atom is -0.378 e. The third-order valence-electron chi connectivity index (χ3n) is 4.71. The van der Waals surface area contributed by atoms with Crippen molar-refractivity contribution in [2.75, 3.05) is 5.32 Å². The second kappa shape index (κ2) is 5.18. The number of hydrogen-bond acceptors (Lipinski definition) is 4. The standard InChI is InChI=1S/C17H17N3O2S/c18-23(21,22)12-6-7-16-15(9-12)13-4-1-5-14(13)17(20-16)11-3-2-8-19-10-11/h1-4,6-10,13-14,17,20H,5H2,(H2,18,21,22). The number of allylic oxidation sites excluding steroid dienone is 2. The summed E-state index contributed by atoms with van der Waals surface area (Å²) < 4.78 is 23.3. The summed E-state index contributed by atoms with van der Waals surface area (Å²) in [4.78, 5) is 4.38. The van der Waals surface area contributed by atoms with E-state index in [0.29, 0.717) is 5.92 Å². The molecule has 23 heavy (non-hydrogen) atoms. The number of primary sulfonamides is 1. The molecule has 0 amide bonds. The van der Waals surface area contributed by atoms with Gasteiger partial charge in [-0.3, -0.25) is 4.98 Å². The summed E-state index contributed by atoms with van der Waals surface area (Å²) in [6.07, 6.45) is 8.94. The van der Waals surface area contributed by atoms with E-state index in [2.05, 4.69) is 28.5 Å². The molecule has 118 valence electrons. The Kier molecular flexibility index (Phi) is 3.25. The second-order valence-corrected chi connectivity index (χ2v) is 7.62. The number of nitrogens with two attached hydrogens (primary N) is 1. The van der Waals surface area contributed by atoms with E-state index < -0.39 is 10.0 Å². The van der Waals surface area contributed by atoms with E-state index in [-0.39, 0.29) is 16.9 Å². The third-order valence-corrected chi connectivity index (χ3v) is 5.62. The topological polar surface area (TPSA) is 85.1 Å². The predicted octanol–water partition coefficient (Wildman–Crippen LogP) is 2.56. The van der Waals surface area contributed by atoms with Gasteiger partial charge in [-0.2, -0.15) is 0 Å². The molecule has 0 bridgehead atoms. The van der Waals surface area contributed by atoms with Crippen molar-refractivity contribution in [3.05, 3.63) is 66.0 Å². The highest BCUT2D eigenvalue weighted by atomic mass is 32.2. The van der Waals surface area contributed by atoms with Crippen LogP contribution >= 0.6 is 0 Å². The Morgan fingerprint density at radius 2 is 2.13 bits per heavy atom. The molecule has 3 unspecified atom stereocenters. The molecule has 1 aliphatic carbocycles. The molecule has 2 aliphatic rings. The number of benzene rings is 1. The van der Waals surface area contributed by atoms with Crippen LogP contribution < -0.4 is 10.5 Å². The minimum atomic E-state index is -3.69. The number of sulfonamides is 1. The van der Waals surface area contributed by atoms with Gasteiger partial charge < -0.3 is 5.32 Å². The van der Waals surface area contributed by atoms with Crippen LogP contribution in [-0.2, 0) is 10.0 Å². The maximum Gasteiger partial charge on any atom is 0.238 e. The van der Waals surface area contributed by atoms with Crippen molar-refractivity contribution in [1.82, 2.24) is 4.98 Å². The first-order valence-corrected chi connectivity index (χ1v) is 9.08. The van der Waals surface area contributed by atoms with Crippen LogP contribution in [0.15, 0.2) is 59.8 Å². The van der Waals surface area contributed by atoms with Gasteiger partial charge in [0.05, 0.1) is 10.9 Å². The van der Waals surface area contributed by atoms with E-state index in [4.69, 9.17) is 5.14 Å². The molecule has 0 radical (unpaired) electrons. The molecule has 0 fully saturated rings. The van der Waals surface area contributed by atoms with Crippen molar-refractivity contribution in [1.29, 1.82) is 0 Å². The molecule has 2 heterocycles. The maximum absolute atomic E-state index is 11.6. The molecule has 3 N–H and O–H groups in total. The molecule has 1 aromatic carbocycles. The highest BCUT2D eigenvalue weighted by Gasteiger charge is 2.38. The third kappa shape index (κ3) is 2.44. The predicted molar refractivity (Wildman–Crippen MR) is 88.4 cm³/mol. The van der Waals surface area contributed by atoms with E-state index >= 15 is 0 Å². The monoisotopic (exact) mass is 327 g/mol. The molecule has 5 nitrogen and oxygen atoms in total. The van der Waals surface area contributed by atoms with Crippen LogP contribution in [0.1, 0.15) is 29.5 Å². The number of anilines is 1. The fourth-order valence-corrected chi connectivity index (χ4v) is 4.19. The van der Waals surface area contributed by atoms with Gasteiger partial charge in [-0.25, -0.2) is 13.6 Å². The Balaban J connectivity index is 1.81. The lowest BCUT2D eigenvalue weighted by atomic mass is 9.77. The summed E-state index contributed by atoms with van der Waals surface area (Å²) in [6.45, 7) is 0. The van der Waals surface area contributed by atoms with Crippen LogP contribution in [0.2, 0.25) is 0 Å². The average molecular weight is 327 g/mol. The summed E-state index contributed by atoms with van der Waals surface area (Å²) >= 11 is 0. The maximum atomic E-state index is 11.6. The lowest BCUT2D eigenvalue weighted by molar-refractivity contribution is 0.424. The van der Waals surface area contributed by atoms with Gasteiger partial charge in [0, 0.05) is 24.0 Å². The van der Waals surface area contributed by atoms with Crippen molar-refractivity contribution in [2.45, 2.75) is 23.3 Å². The zero-order chi connectivity index (χ0) is 16.0. The van der Waals surface area contributed by atoms with E-state index in [0.717, 1.165) is 23.2 Å². The summed E-state index contributed by atoms with van der Waals surface area (Å²) in [5.41, 5.74) is 3.10. The quantitative estimate of drug-likeness (QED) is 0.830. The molecule has 0 saturated heterocycles. The Labute approximate surface area is 135 Å². The zero-order valence-corrected chi connectivity index (χ0v) is 13.2. The van der Waals surface area contributed by atoms with Gasteiger partial charge in [-0.05, 0) is 47.7 Å². The summed E-state index contributed by atoms with van der Waals surface area (Å²) in [6, 6.07) is 9.24. The van der Waals surface area contributed by atoms with Gasteiger partial charge in [-0.1, -0.05) is 18.2 Å². The van der Waals surface area contributed by atoms with Gasteiger partial charge in [0.1, 0.15) is 0 Å². The number of aromatic nitrogens is 1. The van der Waals surface area contributed by atoms with Crippen LogP contribution in [0.3, 0.4) is 0 Å². The summed E-state index contributed by atoms with van der Waals surface area (Å²) in [7, 11) is -3.69. The van der Waals surface area contributed by atoms with Crippen molar-refractivity contribution >= 4 is 15.7 Å². The zero-order valence-electron chi connectivity index (χ0n) is 12.4. The molecule has 6 heteroatoms. The van der Waals surface area contributed by atoms with Gasteiger partial charge in [0.2, 0.25) is 10.0 Å². The lowest BCUT2D eigenvalue weighted by Crippen LogP contribution is -2.29. The normalized spacial score (nSPS) is 25.5. The Morgan fingerprint density at radius 3 is 2.87 bits per heavy atom. The first-order chi connectivity index (χ1) is 11.0. The van der Waals surface area contributed by atoms with E-state index in [1.807, 2.05) is 12.3 Å². The highest BCUT2D eigenvalue weighted by molar-refractivity contribution is 7.89. The molecular weight excluding hydrogens is 310 g/mol. The van der Waals surface area contributed by atoms with Gasteiger partial charge >= 0.3 is 0 Å². The molecule has 1 aliphatic heterocycles. The number of pyridine rings is 1.